The molecule has 4 N–H and O–H groups in total. The Morgan fingerprint density at radius 3 is 1.60 bits per heavy atom. The van der Waals surface area contributed by atoms with Gasteiger partial charge >= 0.3 is 15.2 Å². The molecule has 0 aliphatic carbocycles. The summed E-state index contributed by atoms with van der Waals surface area (Å²) in [4.78, 5) is 18.9. The van der Waals surface area contributed by atoms with Gasteiger partial charge in [-0.15, -0.1) is 0 Å². The van der Waals surface area contributed by atoms with Crippen molar-refractivity contribution in [2.45, 2.75) is 90.6 Å². The standard InChI is InChI=1S/C15H35NO7P2/c1-8-15(9-2,10-16-14(13(7)17)24(18,19)20)25(21,22-11(3)4)23-12(5)6/h11-14,16-17H,8-10H2,1-7H3,(H2,18,19,20). The van der Waals surface area contributed by atoms with E-state index in [1.54, 1.807) is 27.7 Å². The smallest absolute Gasteiger partial charge is 0.344 e. The van der Waals surface area contributed by atoms with Crippen LogP contribution in [0, 0.1) is 0 Å². The molecule has 2 unspecified atom stereocenters. The Balaban J connectivity index is 5.77. The van der Waals surface area contributed by atoms with E-state index < -0.39 is 32.2 Å². The molecule has 0 heterocycles. The summed E-state index contributed by atoms with van der Waals surface area (Å²) in [7, 11) is -8.19. The Morgan fingerprint density at radius 2 is 1.36 bits per heavy atom. The van der Waals surface area contributed by atoms with Crippen LogP contribution in [0.4, 0.5) is 0 Å². The van der Waals surface area contributed by atoms with Crippen molar-refractivity contribution in [1.82, 2.24) is 5.32 Å². The van der Waals surface area contributed by atoms with Gasteiger partial charge in [-0.05, 0) is 47.5 Å². The molecule has 0 radical (unpaired) electrons. The van der Waals surface area contributed by atoms with E-state index in [-0.39, 0.29) is 18.8 Å². The van der Waals surface area contributed by atoms with Crippen molar-refractivity contribution in [3.8, 4) is 0 Å². The van der Waals surface area contributed by atoms with Crippen molar-refractivity contribution in [3.05, 3.63) is 0 Å². The first-order valence-corrected chi connectivity index (χ1v) is 11.9. The zero-order chi connectivity index (χ0) is 20.1. The van der Waals surface area contributed by atoms with Crippen molar-refractivity contribution in [1.29, 1.82) is 0 Å². The second-order valence-electron chi connectivity index (χ2n) is 6.89. The van der Waals surface area contributed by atoms with E-state index in [9.17, 15) is 24.0 Å². The Bertz CT molecular complexity index is 472. The van der Waals surface area contributed by atoms with Crippen LogP contribution in [0.15, 0.2) is 0 Å². The predicted octanol–water partition coefficient (Wildman–Crippen LogP) is 3.06. The van der Waals surface area contributed by atoms with Gasteiger partial charge in [-0.1, -0.05) is 13.8 Å². The first kappa shape index (κ1) is 25.2. The summed E-state index contributed by atoms with van der Waals surface area (Å²) in [5, 5.41) is 11.4. The molecule has 8 nitrogen and oxygen atoms in total. The van der Waals surface area contributed by atoms with Crippen LogP contribution in [0.5, 0.6) is 0 Å². The molecule has 0 aromatic carbocycles. The Labute approximate surface area is 151 Å². The second-order valence-corrected chi connectivity index (χ2v) is 11.0. The molecular weight excluding hydrogens is 368 g/mol. The third-order valence-corrected chi connectivity index (χ3v) is 8.75. The highest BCUT2D eigenvalue weighted by Gasteiger charge is 2.50. The molecule has 152 valence electrons. The monoisotopic (exact) mass is 403 g/mol. The first-order chi connectivity index (χ1) is 11.2. The van der Waals surface area contributed by atoms with Gasteiger partial charge in [-0.25, -0.2) is 0 Å². The van der Waals surface area contributed by atoms with Crippen LogP contribution in [0.25, 0.3) is 0 Å². The molecular formula is C15H35NO7P2. The van der Waals surface area contributed by atoms with Gasteiger partial charge in [0.25, 0.3) is 0 Å². The summed E-state index contributed by atoms with van der Waals surface area (Å²) in [6.45, 7) is 12.0. The lowest BCUT2D eigenvalue weighted by Gasteiger charge is -2.41. The van der Waals surface area contributed by atoms with Gasteiger partial charge in [0, 0.05) is 6.54 Å². The van der Waals surface area contributed by atoms with E-state index >= 15 is 0 Å². The van der Waals surface area contributed by atoms with Crippen molar-refractivity contribution in [2.75, 3.05) is 6.54 Å². The average molecular weight is 403 g/mol. The molecule has 0 aliphatic rings. The highest BCUT2D eigenvalue weighted by Crippen LogP contribution is 2.64. The molecule has 0 aliphatic heterocycles. The van der Waals surface area contributed by atoms with Gasteiger partial charge in [-0.3, -0.25) is 9.13 Å². The van der Waals surface area contributed by atoms with Crippen molar-refractivity contribution < 1.29 is 33.1 Å². The first-order valence-electron chi connectivity index (χ1n) is 8.68. The van der Waals surface area contributed by atoms with E-state index in [0.29, 0.717) is 12.8 Å². The number of hydrogen-bond donors (Lipinski definition) is 4. The number of nitrogens with one attached hydrogen (secondary N) is 1. The molecule has 0 aromatic rings. The number of hydrogen-bond acceptors (Lipinski definition) is 6. The van der Waals surface area contributed by atoms with Crippen molar-refractivity contribution in [3.63, 3.8) is 0 Å². The highest BCUT2D eigenvalue weighted by molar-refractivity contribution is 7.55. The lowest BCUT2D eigenvalue weighted by atomic mass is 10.0. The second kappa shape index (κ2) is 9.95. The Kier molecular flexibility index (Phi) is 10.0. The fourth-order valence-electron chi connectivity index (χ4n) is 2.65. The van der Waals surface area contributed by atoms with Crippen LogP contribution in [-0.4, -0.2) is 50.7 Å². The Hall–Kier alpha value is 0.220. The largest absolute Gasteiger partial charge is 0.391 e. The lowest BCUT2D eigenvalue weighted by Crippen LogP contribution is -2.48. The minimum absolute atomic E-state index is 0.0165. The van der Waals surface area contributed by atoms with Crippen LogP contribution < -0.4 is 5.32 Å². The van der Waals surface area contributed by atoms with Crippen LogP contribution in [0.1, 0.15) is 61.3 Å². The molecule has 0 rings (SSSR count). The molecule has 25 heavy (non-hydrogen) atoms. The third kappa shape index (κ3) is 7.04. The number of rotatable bonds is 12. The van der Waals surface area contributed by atoms with E-state index in [1.165, 1.54) is 6.92 Å². The van der Waals surface area contributed by atoms with Crippen LogP contribution in [0.2, 0.25) is 0 Å². The van der Waals surface area contributed by atoms with Crippen LogP contribution >= 0.6 is 15.2 Å². The molecule has 0 saturated heterocycles. The zero-order valence-corrected chi connectivity index (χ0v) is 18.1. The quantitative estimate of drug-likeness (QED) is 0.366. The maximum absolute atomic E-state index is 13.6. The van der Waals surface area contributed by atoms with Crippen LogP contribution in [0.3, 0.4) is 0 Å². The lowest BCUT2D eigenvalue weighted by molar-refractivity contribution is 0.118. The number of aliphatic hydroxyl groups is 1. The summed E-state index contributed by atoms with van der Waals surface area (Å²) in [6, 6.07) is 0. The molecule has 0 aromatic heterocycles. The summed E-state index contributed by atoms with van der Waals surface area (Å²) in [6.07, 6.45) is -1.11. The minimum Gasteiger partial charge on any atom is -0.391 e. The van der Waals surface area contributed by atoms with E-state index in [0.717, 1.165) is 0 Å². The topological polar surface area (TPSA) is 125 Å². The van der Waals surface area contributed by atoms with Gasteiger partial charge in [0.2, 0.25) is 0 Å². The average Bonchev–Trinajstić information content (AvgIpc) is 2.39. The van der Waals surface area contributed by atoms with E-state index in [1.807, 2.05) is 13.8 Å². The molecule has 0 fully saturated rings. The molecule has 0 spiro atoms. The molecule has 0 amide bonds. The summed E-state index contributed by atoms with van der Waals surface area (Å²) >= 11 is 0. The fraction of sp³-hybridized carbons (Fsp3) is 1.00. The van der Waals surface area contributed by atoms with Gasteiger partial charge in [-0.2, -0.15) is 0 Å². The minimum atomic E-state index is -4.58. The predicted molar refractivity (Wildman–Crippen MR) is 98.9 cm³/mol. The normalized spacial score (nSPS) is 16.5. The van der Waals surface area contributed by atoms with Gasteiger partial charge in [0.15, 0.2) is 0 Å². The van der Waals surface area contributed by atoms with Gasteiger partial charge in [0.05, 0.1) is 23.5 Å². The molecule has 10 heteroatoms. The van der Waals surface area contributed by atoms with E-state index in [4.69, 9.17) is 9.05 Å². The van der Waals surface area contributed by atoms with Crippen LogP contribution in [-0.2, 0) is 18.2 Å². The zero-order valence-electron chi connectivity index (χ0n) is 16.3. The van der Waals surface area contributed by atoms with Gasteiger partial charge in [0.1, 0.15) is 5.78 Å². The SMILES string of the molecule is CCC(CC)(CNC(C(C)O)P(=O)(O)O)P(=O)(OC(C)C)OC(C)C. The van der Waals surface area contributed by atoms with Gasteiger partial charge < -0.3 is 29.3 Å². The summed E-state index contributed by atoms with van der Waals surface area (Å²) < 4.78 is 36.6. The Morgan fingerprint density at radius 1 is 0.960 bits per heavy atom. The molecule has 2 atom stereocenters. The van der Waals surface area contributed by atoms with E-state index in [2.05, 4.69) is 5.32 Å². The van der Waals surface area contributed by atoms with Crippen molar-refractivity contribution in [2.24, 2.45) is 0 Å². The summed E-state index contributed by atoms with van der Waals surface area (Å²) in [5.41, 5.74) is 0. The highest BCUT2D eigenvalue weighted by atomic mass is 31.2. The van der Waals surface area contributed by atoms with Crippen molar-refractivity contribution >= 4 is 15.2 Å². The third-order valence-electron chi connectivity index (χ3n) is 4.06. The maximum atomic E-state index is 13.6. The summed E-state index contributed by atoms with van der Waals surface area (Å²) in [5.74, 6) is -1.45. The molecule has 0 saturated carbocycles. The number of aliphatic hydroxyl groups excluding tert-OH is 1. The maximum Gasteiger partial charge on any atom is 0.344 e. The molecule has 0 bridgehead atoms. The fourth-order valence-corrected chi connectivity index (χ4v) is 6.21.